The second-order valence-corrected chi connectivity index (χ2v) is 7.28. The molecule has 3 N–H and O–H groups in total. The molecule has 1 saturated heterocycles. The number of hydrogen-bond acceptors (Lipinski definition) is 4. The number of carbonyl (C=O) groups is 1. The number of aliphatic imine (C=N–C) groups is 1. The maximum Gasteiger partial charge on any atom is 0.401 e. The van der Waals surface area contributed by atoms with Crippen molar-refractivity contribution in [1.29, 1.82) is 0 Å². The predicted octanol–water partition coefficient (Wildman–Crippen LogP) is 2.06. The molecule has 1 unspecified atom stereocenters. The lowest BCUT2D eigenvalue weighted by atomic mass is 10.3. The molecule has 0 aromatic carbocycles. The van der Waals surface area contributed by atoms with Gasteiger partial charge >= 0.3 is 6.18 Å². The molecule has 6 nitrogen and oxygen atoms in total. The molecule has 2 rings (SSSR count). The fourth-order valence-electron chi connectivity index (χ4n) is 2.83. The smallest absolute Gasteiger partial charge is 0.357 e. The van der Waals surface area contributed by atoms with Gasteiger partial charge in [-0.3, -0.25) is 14.7 Å². The van der Waals surface area contributed by atoms with Gasteiger partial charge in [0, 0.05) is 38.8 Å². The summed E-state index contributed by atoms with van der Waals surface area (Å²) in [5.74, 6) is 0.510. The van der Waals surface area contributed by atoms with Gasteiger partial charge in [-0.1, -0.05) is 6.07 Å². The van der Waals surface area contributed by atoms with E-state index in [2.05, 4.69) is 20.9 Å². The van der Waals surface area contributed by atoms with Crippen LogP contribution in [-0.2, 0) is 0 Å². The van der Waals surface area contributed by atoms with E-state index in [0.717, 1.165) is 0 Å². The Morgan fingerprint density at radius 3 is 2.89 bits per heavy atom. The molecule has 1 aromatic rings. The number of nitrogens with one attached hydrogen (secondary N) is 3. The molecule has 2 heterocycles. The van der Waals surface area contributed by atoms with Gasteiger partial charge in [-0.2, -0.15) is 13.2 Å². The summed E-state index contributed by atoms with van der Waals surface area (Å²) in [4.78, 5) is 18.3. The van der Waals surface area contributed by atoms with Gasteiger partial charge in [0.25, 0.3) is 5.91 Å². The third kappa shape index (κ3) is 8.17. The van der Waals surface area contributed by atoms with E-state index in [9.17, 15) is 18.0 Å². The van der Waals surface area contributed by atoms with Gasteiger partial charge in [-0.15, -0.1) is 11.3 Å². The summed E-state index contributed by atoms with van der Waals surface area (Å²) in [6, 6.07) is 3.55. The summed E-state index contributed by atoms with van der Waals surface area (Å²) in [6.07, 6.45) is -2.84. The summed E-state index contributed by atoms with van der Waals surface area (Å²) in [5.41, 5.74) is 0. The van der Waals surface area contributed by atoms with Crippen molar-refractivity contribution in [1.82, 2.24) is 20.9 Å². The number of nitrogens with zero attached hydrogens (tertiary/aromatic N) is 2. The quantitative estimate of drug-likeness (QED) is 0.352. The predicted molar refractivity (Wildman–Crippen MR) is 101 cm³/mol. The van der Waals surface area contributed by atoms with Crippen LogP contribution in [0.2, 0.25) is 0 Å². The number of rotatable bonds is 8. The second kappa shape index (κ2) is 10.5. The van der Waals surface area contributed by atoms with Crippen LogP contribution in [0.1, 0.15) is 29.4 Å². The van der Waals surface area contributed by atoms with Crippen molar-refractivity contribution in [3.8, 4) is 0 Å². The number of likely N-dealkylation sites (tertiary alicyclic amines) is 1. The van der Waals surface area contributed by atoms with Crippen LogP contribution >= 0.6 is 11.3 Å². The van der Waals surface area contributed by atoms with Crippen LogP contribution in [-0.4, -0.2) is 68.3 Å². The summed E-state index contributed by atoms with van der Waals surface area (Å²) in [7, 11) is 0. The average molecular weight is 405 g/mol. The number of guanidine groups is 1. The Labute approximate surface area is 161 Å². The number of alkyl halides is 3. The fourth-order valence-corrected chi connectivity index (χ4v) is 3.47. The fraction of sp³-hybridized carbons (Fsp3) is 0.647. The Kier molecular flexibility index (Phi) is 8.36. The number of halogens is 3. The zero-order valence-corrected chi connectivity index (χ0v) is 16.1. The molecule has 1 aliphatic heterocycles. The van der Waals surface area contributed by atoms with Gasteiger partial charge in [-0.05, 0) is 31.2 Å². The molecule has 1 fully saturated rings. The van der Waals surface area contributed by atoms with Gasteiger partial charge in [0.2, 0.25) is 0 Å². The summed E-state index contributed by atoms with van der Waals surface area (Å²) >= 11 is 1.39. The highest BCUT2D eigenvalue weighted by atomic mass is 32.1. The molecule has 0 aliphatic carbocycles. The van der Waals surface area contributed by atoms with Gasteiger partial charge in [0.1, 0.15) is 0 Å². The number of carbonyl (C=O) groups excluding carboxylic acids is 1. The molecule has 0 spiro atoms. The van der Waals surface area contributed by atoms with E-state index in [4.69, 9.17) is 0 Å². The zero-order valence-electron chi connectivity index (χ0n) is 15.3. The molecular weight excluding hydrogens is 379 g/mol. The van der Waals surface area contributed by atoms with Gasteiger partial charge in [0.15, 0.2) is 5.96 Å². The highest BCUT2D eigenvalue weighted by molar-refractivity contribution is 7.12. The van der Waals surface area contributed by atoms with Crippen molar-refractivity contribution in [2.24, 2.45) is 4.99 Å². The number of hydrogen-bond donors (Lipinski definition) is 3. The Balaban J connectivity index is 1.70. The lowest BCUT2D eigenvalue weighted by Gasteiger charge is -2.19. The topological polar surface area (TPSA) is 68.8 Å². The lowest BCUT2D eigenvalue weighted by molar-refractivity contribution is -0.143. The average Bonchev–Trinajstić information content (AvgIpc) is 3.25. The van der Waals surface area contributed by atoms with Gasteiger partial charge < -0.3 is 16.0 Å². The molecule has 27 heavy (non-hydrogen) atoms. The monoisotopic (exact) mass is 405 g/mol. The highest BCUT2D eigenvalue weighted by Gasteiger charge is 2.34. The molecule has 1 aliphatic rings. The normalized spacial score (nSPS) is 18.5. The standard InChI is InChI=1S/C17H26F3N5OS/c1-2-21-16(24-13-6-9-25(11-13)12-17(18,19)20)23-8-4-7-22-15(26)14-5-3-10-27-14/h3,5,10,13H,2,4,6-9,11-12H2,1H3,(H,22,26)(H2,21,23,24). The van der Waals surface area contributed by atoms with Crippen molar-refractivity contribution in [3.63, 3.8) is 0 Å². The highest BCUT2D eigenvalue weighted by Crippen LogP contribution is 2.19. The molecule has 10 heteroatoms. The summed E-state index contributed by atoms with van der Waals surface area (Å²) in [6.45, 7) is 3.53. The number of amides is 1. The van der Waals surface area contributed by atoms with Crippen molar-refractivity contribution < 1.29 is 18.0 Å². The molecule has 1 atom stereocenters. The lowest BCUT2D eigenvalue weighted by Crippen LogP contribution is -2.45. The molecular formula is C17H26F3N5OS. The van der Waals surface area contributed by atoms with Crippen LogP contribution in [0.4, 0.5) is 13.2 Å². The Hall–Kier alpha value is -1.81. The minimum atomic E-state index is -4.17. The van der Waals surface area contributed by atoms with E-state index in [1.54, 1.807) is 6.07 Å². The van der Waals surface area contributed by atoms with E-state index in [1.165, 1.54) is 16.2 Å². The van der Waals surface area contributed by atoms with Crippen molar-refractivity contribution in [3.05, 3.63) is 22.4 Å². The largest absolute Gasteiger partial charge is 0.401 e. The minimum Gasteiger partial charge on any atom is -0.357 e. The van der Waals surface area contributed by atoms with Crippen LogP contribution in [0.3, 0.4) is 0 Å². The molecule has 0 radical (unpaired) electrons. The van der Waals surface area contributed by atoms with E-state index >= 15 is 0 Å². The summed E-state index contributed by atoms with van der Waals surface area (Å²) < 4.78 is 37.4. The maximum absolute atomic E-state index is 12.5. The first-order valence-electron chi connectivity index (χ1n) is 9.03. The minimum absolute atomic E-state index is 0.0521. The van der Waals surface area contributed by atoms with Crippen molar-refractivity contribution >= 4 is 23.2 Å². The molecule has 1 amide bonds. The Morgan fingerprint density at radius 1 is 1.41 bits per heavy atom. The summed E-state index contributed by atoms with van der Waals surface area (Å²) in [5, 5.41) is 11.0. The SMILES string of the molecule is CCNC(=NCCCNC(=O)c1cccs1)NC1CCN(CC(F)(F)F)C1. The first-order valence-corrected chi connectivity index (χ1v) is 9.91. The van der Waals surface area contributed by atoms with Crippen LogP contribution < -0.4 is 16.0 Å². The van der Waals surface area contributed by atoms with Crippen LogP contribution in [0.25, 0.3) is 0 Å². The molecule has 1 aromatic heterocycles. The first kappa shape index (κ1) is 21.5. The van der Waals surface area contributed by atoms with E-state index < -0.39 is 12.7 Å². The second-order valence-electron chi connectivity index (χ2n) is 6.33. The van der Waals surface area contributed by atoms with E-state index in [0.29, 0.717) is 56.4 Å². The van der Waals surface area contributed by atoms with Crippen LogP contribution in [0, 0.1) is 0 Å². The third-order valence-corrected chi connectivity index (χ3v) is 4.86. The van der Waals surface area contributed by atoms with E-state index in [-0.39, 0.29) is 11.9 Å². The molecule has 0 bridgehead atoms. The van der Waals surface area contributed by atoms with Crippen molar-refractivity contribution in [2.75, 3.05) is 39.3 Å². The van der Waals surface area contributed by atoms with Crippen molar-refractivity contribution in [2.45, 2.75) is 32.0 Å². The van der Waals surface area contributed by atoms with E-state index in [1.807, 2.05) is 18.4 Å². The van der Waals surface area contributed by atoms with Gasteiger partial charge in [-0.25, -0.2) is 0 Å². The van der Waals surface area contributed by atoms with Crippen LogP contribution in [0.15, 0.2) is 22.5 Å². The molecule has 152 valence electrons. The first-order chi connectivity index (χ1) is 12.9. The zero-order chi connectivity index (χ0) is 19.7. The number of thiophene rings is 1. The Morgan fingerprint density at radius 2 is 2.22 bits per heavy atom. The van der Waals surface area contributed by atoms with Gasteiger partial charge in [0.05, 0.1) is 11.4 Å². The maximum atomic E-state index is 12.5. The molecule has 0 saturated carbocycles. The third-order valence-electron chi connectivity index (χ3n) is 4.00. The van der Waals surface area contributed by atoms with Crippen LogP contribution in [0.5, 0.6) is 0 Å². The Bertz CT molecular complexity index is 606.